The van der Waals surface area contributed by atoms with Crippen LogP contribution in [0, 0.1) is 0 Å². The largest absolute Gasteiger partial charge is 0.379 e. The molecule has 4 heterocycles. The number of thiophene rings is 4. The van der Waals surface area contributed by atoms with Gasteiger partial charge < -0.3 is 18.9 Å². The fourth-order valence-corrected chi connectivity index (χ4v) is 10.4. The van der Waals surface area contributed by atoms with Crippen LogP contribution in [-0.2, 0) is 45.0 Å². The monoisotopic (exact) mass is 742 g/mol. The minimum absolute atomic E-state index is 0.629. The highest BCUT2D eigenvalue weighted by atomic mass is 79.9. The van der Waals surface area contributed by atoms with E-state index in [1.165, 1.54) is 58.4 Å². The molecule has 0 aliphatic heterocycles. The molecule has 5 rings (SSSR count). The van der Waals surface area contributed by atoms with Crippen molar-refractivity contribution in [3.8, 4) is 0 Å². The molecule has 0 radical (unpaired) electrons. The Bertz CT molecular complexity index is 1370. The van der Waals surface area contributed by atoms with Crippen molar-refractivity contribution in [2.75, 3.05) is 39.6 Å². The van der Waals surface area contributed by atoms with Crippen molar-refractivity contribution in [2.45, 2.75) is 39.9 Å². The lowest BCUT2D eigenvalue weighted by atomic mass is 10.2. The van der Waals surface area contributed by atoms with Crippen LogP contribution in [0.2, 0.25) is 0 Å². The lowest BCUT2D eigenvalue weighted by Crippen LogP contribution is -2.03. The molecular weight excluding hydrogens is 712 g/mol. The second-order valence-corrected chi connectivity index (χ2v) is 15.7. The Labute approximate surface area is 268 Å². The second-order valence-electron chi connectivity index (χ2n) is 9.17. The maximum absolute atomic E-state index is 5.76. The van der Waals surface area contributed by atoms with Crippen molar-refractivity contribution in [2.24, 2.45) is 0 Å². The van der Waals surface area contributed by atoms with Gasteiger partial charge in [0.2, 0.25) is 0 Å². The zero-order chi connectivity index (χ0) is 27.9. The van der Waals surface area contributed by atoms with Crippen LogP contribution >= 0.6 is 77.2 Å². The summed E-state index contributed by atoms with van der Waals surface area (Å²) in [7, 11) is 0. The van der Waals surface area contributed by atoms with Crippen molar-refractivity contribution >= 4 is 97.4 Å². The number of fused-ring (bicyclic) bond motifs is 2. The van der Waals surface area contributed by atoms with E-state index in [4.69, 9.17) is 18.9 Å². The number of rotatable bonds is 16. The maximum Gasteiger partial charge on any atom is 0.0811 e. The van der Waals surface area contributed by atoms with Gasteiger partial charge in [0, 0.05) is 73.7 Å². The molecule has 5 aromatic rings. The predicted octanol–water partition coefficient (Wildman–Crippen LogP) is 10.1. The van der Waals surface area contributed by atoms with Crippen molar-refractivity contribution in [3.63, 3.8) is 0 Å². The lowest BCUT2D eigenvalue weighted by Gasteiger charge is -2.02. The van der Waals surface area contributed by atoms with Crippen LogP contribution in [0.15, 0.2) is 45.3 Å². The number of hydrogen-bond donors (Lipinski definition) is 0. The van der Waals surface area contributed by atoms with E-state index in [1.54, 1.807) is 0 Å². The zero-order valence-corrected chi connectivity index (χ0v) is 29.0. The van der Waals surface area contributed by atoms with E-state index >= 15 is 0 Å². The second kappa shape index (κ2) is 15.2. The molecule has 0 aliphatic rings. The number of hydrogen-bond acceptors (Lipinski definition) is 8. The predicted molar refractivity (Wildman–Crippen MR) is 179 cm³/mol. The molecule has 4 aromatic heterocycles. The normalized spacial score (nSPS) is 11.9. The molecule has 4 nitrogen and oxygen atoms in total. The first kappa shape index (κ1) is 30.8. The van der Waals surface area contributed by atoms with E-state index in [0.29, 0.717) is 39.6 Å². The summed E-state index contributed by atoms with van der Waals surface area (Å²) >= 11 is 15.0. The van der Waals surface area contributed by atoms with E-state index in [1.807, 2.05) is 59.2 Å². The summed E-state index contributed by atoms with van der Waals surface area (Å²) in [6, 6.07) is 13.8. The van der Waals surface area contributed by atoms with Gasteiger partial charge in [0.05, 0.1) is 39.6 Å². The molecule has 0 amide bonds. The van der Waals surface area contributed by atoms with Gasteiger partial charge in [0.1, 0.15) is 0 Å². The van der Waals surface area contributed by atoms with Crippen LogP contribution < -0.4 is 0 Å². The van der Waals surface area contributed by atoms with Crippen molar-refractivity contribution < 1.29 is 18.9 Å². The van der Waals surface area contributed by atoms with Gasteiger partial charge in [0.25, 0.3) is 0 Å². The summed E-state index contributed by atoms with van der Waals surface area (Å²) < 4.78 is 27.3. The Hall–Kier alpha value is -0.660. The standard InChI is InChI=1S/C30H32Br2O4S4/c1-3-33-5-7-35-17-23-13-25(31)29(39-23)15-21-9-19-11-28-20(12-27(19)37-21)10-22(38-28)16-30-26(32)14-24(40-30)18-36-8-6-34-4-2/h9-14H,3-8,15-18H2,1-2H3. The molecule has 0 bridgehead atoms. The van der Waals surface area contributed by atoms with Crippen LogP contribution in [0.5, 0.6) is 0 Å². The summed E-state index contributed by atoms with van der Waals surface area (Å²) in [6.45, 7) is 9.28. The molecule has 0 saturated heterocycles. The van der Waals surface area contributed by atoms with E-state index < -0.39 is 0 Å². The van der Waals surface area contributed by atoms with Gasteiger partial charge in [-0.1, -0.05) is 0 Å². The van der Waals surface area contributed by atoms with Crippen molar-refractivity contribution in [1.82, 2.24) is 0 Å². The van der Waals surface area contributed by atoms with E-state index in [9.17, 15) is 0 Å². The molecule has 0 N–H and O–H groups in total. The van der Waals surface area contributed by atoms with Gasteiger partial charge in [-0.05, 0) is 92.9 Å². The third-order valence-electron chi connectivity index (χ3n) is 6.18. The van der Waals surface area contributed by atoms with Crippen molar-refractivity contribution in [3.05, 3.63) is 74.6 Å². The third-order valence-corrected chi connectivity index (χ3v) is 12.5. The SMILES string of the molecule is CCOCCOCc1cc(Br)c(Cc2cc3cc4sc(Cc5sc(COCCOCC)cc5Br)cc4cc3s2)s1. The first-order chi connectivity index (χ1) is 19.5. The lowest BCUT2D eigenvalue weighted by molar-refractivity contribution is 0.0462. The van der Waals surface area contributed by atoms with Crippen LogP contribution in [0.1, 0.15) is 43.1 Å². The highest BCUT2D eigenvalue weighted by Crippen LogP contribution is 2.39. The van der Waals surface area contributed by atoms with Crippen LogP contribution in [0.4, 0.5) is 0 Å². The Balaban J connectivity index is 1.21. The quantitative estimate of drug-likeness (QED) is 0.0944. The molecule has 1 aromatic carbocycles. The first-order valence-electron chi connectivity index (χ1n) is 13.3. The van der Waals surface area contributed by atoms with E-state index in [0.717, 1.165) is 26.1 Å². The molecule has 0 saturated carbocycles. The summed E-state index contributed by atoms with van der Waals surface area (Å²) in [6.07, 6.45) is 1.87. The summed E-state index contributed by atoms with van der Waals surface area (Å²) in [5, 5.41) is 2.66. The highest BCUT2D eigenvalue weighted by Gasteiger charge is 2.14. The molecule has 0 spiro atoms. The van der Waals surface area contributed by atoms with Gasteiger partial charge in [0.15, 0.2) is 0 Å². The average molecular weight is 745 g/mol. The Morgan fingerprint density at radius 2 is 0.950 bits per heavy atom. The van der Waals surface area contributed by atoms with Crippen LogP contribution in [-0.4, -0.2) is 39.6 Å². The molecule has 0 fully saturated rings. The summed E-state index contributed by atoms with van der Waals surface area (Å²) in [4.78, 5) is 7.95. The Morgan fingerprint density at radius 1 is 0.525 bits per heavy atom. The van der Waals surface area contributed by atoms with Gasteiger partial charge in [-0.3, -0.25) is 0 Å². The van der Waals surface area contributed by atoms with E-state index in [-0.39, 0.29) is 0 Å². The number of ether oxygens (including phenoxy) is 4. The van der Waals surface area contributed by atoms with Gasteiger partial charge in [-0.25, -0.2) is 0 Å². The Kier molecular flexibility index (Phi) is 11.7. The fraction of sp³-hybridized carbons (Fsp3) is 0.400. The molecule has 214 valence electrons. The highest BCUT2D eigenvalue weighted by molar-refractivity contribution is 9.10. The third kappa shape index (κ3) is 8.24. The first-order valence-corrected chi connectivity index (χ1v) is 18.2. The van der Waals surface area contributed by atoms with Crippen molar-refractivity contribution in [1.29, 1.82) is 0 Å². The average Bonchev–Trinajstić information content (AvgIpc) is 3.68. The van der Waals surface area contributed by atoms with Gasteiger partial charge >= 0.3 is 0 Å². The van der Waals surface area contributed by atoms with Crippen LogP contribution in [0.25, 0.3) is 20.2 Å². The molecule has 0 atom stereocenters. The molecular formula is C30H32Br2O4S4. The molecule has 40 heavy (non-hydrogen) atoms. The Morgan fingerprint density at radius 3 is 1.38 bits per heavy atom. The zero-order valence-electron chi connectivity index (χ0n) is 22.6. The number of halogens is 2. The topological polar surface area (TPSA) is 36.9 Å². The minimum Gasteiger partial charge on any atom is -0.379 e. The molecule has 0 unspecified atom stereocenters. The molecule has 0 aliphatic carbocycles. The summed E-state index contributed by atoms with van der Waals surface area (Å²) in [5.41, 5.74) is 0. The smallest absolute Gasteiger partial charge is 0.0811 e. The van der Waals surface area contributed by atoms with Crippen LogP contribution in [0.3, 0.4) is 0 Å². The summed E-state index contributed by atoms with van der Waals surface area (Å²) in [5.74, 6) is 0. The van der Waals surface area contributed by atoms with Gasteiger partial charge in [-0.15, -0.1) is 45.3 Å². The molecule has 10 heteroatoms. The minimum atomic E-state index is 0.629. The van der Waals surface area contributed by atoms with E-state index in [2.05, 4.69) is 68.3 Å². The number of benzene rings is 1. The van der Waals surface area contributed by atoms with Gasteiger partial charge in [-0.2, -0.15) is 0 Å². The maximum atomic E-state index is 5.76. The fourth-order valence-electron chi connectivity index (χ4n) is 4.34.